The van der Waals surface area contributed by atoms with Gasteiger partial charge in [0.1, 0.15) is 0 Å². The highest BCUT2D eigenvalue weighted by Crippen LogP contribution is 2.25. The van der Waals surface area contributed by atoms with Crippen LogP contribution in [0.4, 0.5) is 0 Å². The van der Waals surface area contributed by atoms with Gasteiger partial charge in [-0.15, -0.1) is 0 Å². The molecule has 2 rings (SSSR count). The maximum atomic E-state index is 5.30. The molecule has 2 aliphatic rings. The maximum Gasteiger partial charge on any atom is 0.0862 e. The third-order valence-electron chi connectivity index (χ3n) is 1.78. The lowest BCUT2D eigenvalue weighted by Gasteiger charge is -2.00. The molecule has 2 nitrogen and oxygen atoms in total. The van der Waals surface area contributed by atoms with Gasteiger partial charge in [-0.25, -0.2) is 0 Å². The molecule has 0 bridgehead atoms. The molecule has 8 heavy (non-hydrogen) atoms. The van der Waals surface area contributed by atoms with Crippen LogP contribution in [0, 0.1) is 12.3 Å². The monoisotopic (exact) mass is 113 g/mol. The minimum absolute atomic E-state index is 0.398. The largest absolute Gasteiger partial charge is 0.378 e. The van der Waals surface area contributed by atoms with Crippen molar-refractivity contribution in [3.8, 4) is 0 Å². The first kappa shape index (κ1) is 4.77. The SMILES string of the molecule is [CH]1CO[C@H]2COC[C@@H]12. The van der Waals surface area contributed by atoms with E-state index in [4.69, 9.17) is 9.47 Å². The average Bonchev–Trinajstić information content (AvgIpc) is 2.15. The van der Waals surface area contributed by atoms with Crippen LogP contribution in [-0.2, 0) is 9.47 Å². The molecule has 2 fully saturated rings. The van der Waals surface area contributed by atoms with Crippen molar-refractivity contribution in [2.45, 2.75) is 6.10 Å². The average molecular weight is 113 g/mol. The molecule has 2 heterocycles. The topological polar surface area (TPSA) is 18.5 Å². The maximum absolute atomic E-state index is 5.30. The molecule has 0 amide bonds. The van der Waals surface area contributed by atoms with Crippen LogP contribution < -0.4 is 0 Å². The molecule has 0 aromatic heterocycles. The van der Waals surface area contributed by atoms with Crippen molar-refractivity contribution in [2.24, 2.45) is 5.92 Å². The zero-order chi connectivity index (χ0) is 5.40. The standard InChI is InChI=1S/C6H9O2/c1-2-8-6-4-7-3-5(1)6/h1,5-6H,2-4H2/t5-,6+/m1/s1. The van der Waals surface area contributed by atoms with Crippen molar-refractivity contribution in [1.82, 2.24) is 0 Å². The number of rotatable bonds is 0. The summed E-state index contributed by atoms with van der Waals surface area (Å²) in [6, 6.07) is 0. The third kappa shape index (κ3) is 0.565. The lowest BCUT2D eigenvalue weighted by molar-refractivity contribution is 0.0745. The highest BCUT2D eigenvalue weighted by molar-refractivity contribution is 4.92. The van der Waals surface area contributed by atoms with Crippen LogP contribution in [-0.4, -0.2) is 25.9 Å². The van der Waals surface area contributed by atoms with E-state index >= 15 is 0 Å². The number of fused-ring (bicyclic) bond motifs is 1. The second-order valence-electron chi connectivity index (χ2n) is 2.31. The van der Waals surface area contributed by atoms with Crippen LogP contribution in [0.15, 0.2) is 0 Å². The van der Waals surface area contributed by atoms with E-state index in [2.05, 4.69) is 6.42 Å². The summed E-state index contributed by atoms with van der Waals surface area (Å²) in [4.78, 5) is 0. The van der Waals surface area contributed by atoms with Crippen LogP contribution in [0.25, 0.3) is 0 Å². The summed E-state index contributed by atoms with van der Waals surface area (Å²) < 4.78 is 10.5. The predicted octanol–water partition coefficient (Wildman–Crippen LogP) is 0.236. The summed E-state index contributed by atoms with van der Waals surface area (Å²) in [7, 11) is 0. The van der Waals surface area contributed by atoms with E-state index in [1.165, 1.54) is 0 Å². The molecule has 0 unspecified atom stereocenters. The lowest BCUT2D eigenvalue weighted by atomic mass is 10.1. The molecule has 1 radical (unpaired) electrons. The Bertz CT molecular complexity index is 72.5. The highest BCUT2D eigenvalue weighted by atomic mass is 16.6. The summed E-state index contributed by atoms with van der Waals surface area (Å²) in [5.74, 6) is 0.606. The number of ether oxygens (including phenoxy) is 2. The minimum Gasteiger partial charge on any atom is -0.378 e. The van der Waals surface area contributed by atoms with E-state index in [0.29, 0.717) is 12.0 Å². The van der Waals surface area contributed by atoms with Gasteiger partial charge in [-0.2, -0.15) is 0 Å². The summed E-state index contributed by atoms with van der Waals surface area (Å²) in [6.45, 7) is 2.52. The Balaban J connectivity index is 2.04. The summed E-state index contributed by atoms with van der Waals surface area (Å²) in [5, 5.41) is 0. The van der Waals surface area contributed by atoms with Crippen LogP contribution >= 0.6 is 0 Å². The summed E-state index contributed by atoms with van der Waals surface area (Å²) in [6.07, 6.45) is 2.59. The van der Waals surface area contributed by atoms with Gasteiger partial charge < -0.3 is 9.47 Å². The van der Waals surface area contributed by atoms with Crippen molar-refractivity contribution in [2.75, 3.05) is 19.8 Å². The molecular weight excluding hydrogens is 104 g/mol. The van der Waals surface area contributed by atoms with E-state index in [9.17, 15) is 0 Å². The van der Waals surface area contributed by atoms with E-state index in [1.54, 1.807) is 0 Å². The molecule has 0 aromatic rings. The van der Waals surface area contributed by atoms with Crippen molar-refractivity contribution in [1.29, 1.82) is 0 Å². The molecule has 0 N–H and O–H groups in total. The van der Waals surface area contributed by atoms with Crippen molar-refractivity contribution in [3.63, 3.8) is 0 Å². The van der Waals surface area contributed by atoms with Gasteiger partial charge in [-0.1, -0.05) is 0 Å². The van der Waals surface area contributed by atoms with E-state index in [1.807, 2.05) is 0 Å². The second kappa shape index (κ2) is 1.71. The van der Waals surface area contributed by atoms with E-state index in [0.717, 1.165) is 19.8 Å². The Hall–Kier alpha value is -0.0800. The molecule has 2 saturated heterocycles. The first-order valence-electron chi connectivity index (χ1n) is 2.99. The Labute approximate surface area is 48.8 Å². The predicted molar refractivity (Wildman–Crippen MR) is 28.3 cm³/mol. The first-order valence-corrected chi connectivity index (χ1v) is 2.99. The molecule has 45 valence electrons. The zero-order valence-electron chi connectivity index (χ0n) is 4.67. The van der Waals surface area contributed by atoms with Crippen LogP contribution in [0.1, 0.15) is 0 Å². The second-order valence-corrected chi connectivity index (χ2v) is 2.31. The van der Waals surface area contributed by atoms with Crippen molar-refractivity contribution in [3.05, 3.63) is 6.42 Å². The molecule has 2 heteroatoms. The van der Waals surface area contributed by atoms with E-state index in [-0.39, 0.29) is 0 Å². The minimum atomic E-state index is 0.398. The van der Waals surface area contributed by atoms with Crippen molar-refractivity contribution >= 4 is 0 Å². The quantitative estimate of drug-likeness (QED) is 0.448. The molecule has 0 saturated carbocycles. The highest BCUT2D eigenvalue weighted by Gasteiger charge is 2.33. The van der Waals surface area contributed by atoms with Gasteiger partial charge in [0.05, 0.1) is 25.9 Å². The Morgan fingerprint density at radius 2 is 2.38 bits per heavy atom. The van der Waals surface area contributed by atoms with E-state index < -0.39 is 0 Å². The van der Waals surface area contributed by atoms with Gasteiger partial charge >= 0.3 is 0 Å². The lowest BCUT2D eigenvalue weighted by Crippen LogP contribution is -2.11. The normalized spacial score (nSPS) is 45.0. The molecule has 0 aromatic carbocycles. The molecular formula is C6H9O2. The van der Waals surface area contributed by atoms with Crippen LogP contribution in [0.5, 0.6) is 0 Å². The Morgan fingerprint density at radius 1 is 1.38 bits per heavy atom. The fourth-order valence-corrected chi connectivity index (χ4v) is 1.25. The first-order chi connectivity index (χ1) is 3.97. The number of hydrogen-bond acceptors (Lipinski definition) is 2. The van der Waals surface area contributed by atoms with Crippen LogP contribution in [0.2, 0.25) is 0 Å². The third-order valence-corrected chi connectivity index (χ3v) is 1.78. The van der Waals surface area contributed by atoms with Gasteiger partial charge in [0.15, 0.2) is 0 Å². The van der Waals surface area contributed by atoms with Crippen molar-refractivity contribution < 1.29 is 9.47 Å². The fourth-order valence-electron chi connectivity index (χ4n) is 1.25. The molecule has 0 spiro atoms. The number of hydrogen-bond donors (Lipinski definition) is 0. The van der Waals surface area contributed by atoms with Gasteiger partial charge in [0.25, 0.3) is 0 Å². The molecule has 2 atom stereocenters. The zero-order valence-corrected chi connectivity index (χ0v) is 4.67. The van der Waals surface area contributed by atoms with Gasteiger partial charge in [0.2, 0.25) is 0 Å². The summed E-state index contributed by atoms with van der Waals surface area (Å²) in [5.41, 5.74) is 0. The Morgan fingerprint density at radius 3 is 3.25 bits per heavy atom. The Kier molecular flexibility index (Phi) is 1.02. The summed E-state index contributed by atoms with van der Waals surface area (Å²) >= 11 is 0. The molecule has 0 aliphatic carbocycles. The van der Waals surface area contributed by atoms with Gasteiger partial charge in [-0.3, -0.25) is 0 Å². The van der Waals surface area contributed by atoms with Gasteiger partial charge in [-0.05, 0) is 6.42 Å². The molecule has 2 aliphatic heterocycles. The van der Waals surface area contributed by atoms with Gasteiger partial charge in [0, 0.05) is 5.92 Å². The smallest absolute Gasteiger partial charge is 0.0862 e. The van der Waals surface area contributed by atoms with Crippen LogP contribution in [0.3, 0.4) is 0 Å². The fraction of sp³-hybridized carbons (Fsp3) is 0.833.